The lowest BCUT2D eigenvalue weighted by molar-refractivity contribution is -0.128. The molecule has 3 fully saturated rings. The van der Waals surface area contributed by atoms with Crippen molar-refractivity contribution in [3.8, 4) is 11.4 Å². The summed E-state index contributed by atoms with van der Waals surface area (Å²) in [5.41, 5.74) is 5.99. The third-order valence-corrected chi connectivity index (χ3v) is 10.3. The van der Waals surface area contributed by atoms with Crippen molar-refractivity contribution in [1.29, 1.82) is 0 Å². The molecule has 1 atom stereocenters. The summed E-state index contributed by atoms with van der Waals surface area (Å²) in [6, 6.07) is 8.50. The van der Waals surface area contributed by atoms with Gasteiger partial charge in [0.25, 0.3) is 0 Å². The van der Waals surface area contributed by atoms with Crippen LogP contribution in [0, 0.1) is 10.8 Å². The molecule has 0 radical (unpaired) electrons. The fourth-order valence-electron chi connectivity index (χ4n) is 7.72. The van der Waals surface area contributed by atoms with Gasteiger partial charge >= 0.3 is 6.09 Å². The first kappa shape index (κ1) is 29.4. The van der Waals surface area contributed by atoms with E-state index in [2.05, 4.69) is 47.8 Å². The molecule has 5 heterocycles. The molecule has 7 rings (SSSR count). The SMILES string of the molecule is CC1(C)CCc2c(-c3cc4ccc(N5CCC6(CCN(C(=O)OC(C)(C)C)CC6)C5=O)cc4[nH]3)nn(C3CCCCO3)c2C1. The number of ether oxygens (including phenoxy) is 2. The van der Waals surface area contributed by atoms with Crippen molar-refractivity contribution in [3.63, 3.8) is 0 Å². The Bertz CT molecular complexity index is 1580. The number of aromatic amines is 1. The largest absolute Gasteiger partial charge is 0.444 e. The molecule has 9 heteroatoms. The molecule has 2 aromatic heterocycles. The molecular weight excluding hydrogens is 554 g/mol. The average Bonchev–Trinajstić information content (AvgIpc) is 3.65. The number of carbonyl (C=O) groups is 2. The van der Waals surface area contributed by atoms with E-state index in [0.29, 0.717) is 32.5 Å². The van der Waals surface area contributed by atoms with Gasteiger partial charge in [-0.3, -0.25) is 4.79 Å². The van der Waals surface area contributed by atoms with Crippen LogP contribution in [0.2, 0.25) is 0 Å². The highest BCUT2D eigenvalue weighted by molar-refractivity contribution is 6.01. The number of fused-ring (bicyclic) bond motifs is 2. The Morgan fingerprint density at radius 2 is 1.84 bits per heavy atom. The smallest absolute Gasteiger partial charge is 0.410 e. The highest BCUT2D eigenvalue weighted by atomic mass is 16.6. The van der Waals surface area contributed by atoms with Crippen molar-refractivity contribution in [2.75, 3.05) is 31.1 Å². The van der Waals surface area contributed by atoms with Crippen LogP contribution in [0.15, 0.2) is 24.3 Å². The number of hydrogen-bond acceptors (Lipinski definition) is 5. The van der Waals surface area contributed by atoms with Gasteiger partial charge in [0.2, 0.25) is 5.91 Å². The van der Waals surface area contributed by atoms with Gasteiger partial charge in [-0.25, -0.2) is 9.48 Å². The Labute approximate surface area is 260 Å². The number of likely N-dealkylation sites (tertiary alicyclic amines) is 1. The predicted octanol–water partition coefficient (Wildman–Crippen LogP) is 7.00. The monoisotopic (exact) mass is 601 g/mol. The molecular formula is C35H47N5O4. The zero-order valence-corrected chi connectivity index (χ0v) is 27.0. The predicted molar refractivity (Wildman–Crippen MR) is 171 cm³/mol. The quantitative estimate of drug-likeness (QED) is 0.349. The molecule has 4 aliphatic rings. The van der Waals surface area contributed by atoms with Crippen molar-refractivity contribution in [1.82, 2.24) is 19.7 Å². The third kappa shape index (κ3) is 5.31. The van der Waals surface area contributed by atoms with Gasteiger partial charge < -0.3 is 24.3 Å². The van der Waals surface area contributed by atoms with Crippen LogP contribution in [0.1, 0.15) is 97.0 Å². The number of amides is 2. The molecule has 9 nitrogen and oxygen atoms in total. The van der Waals surface area contributed by atoms with Gasteiger partial charge in [0, 0.05) is 54.1 Å². The highest BCUT2D eigenvalue weighted by Crippen LogP contribution is 2.45. The van der Waals surface area contributed by atoms with Gasteiger partial charge in [0.05, 0.1) is 11.1 Å². The lowest BCUT2D eigenvalue weighted by Gasteiger charge is -2.38. The van der Waals surface area contributed by atoms with Crippen LogP contribution in [-0.2, 0) is 27.1 Å². The first-order valence-electron chi connectivity index (χ1n) is 16.6. The first-order chi connectivity index (χ1) is 20.9. The van der Waals surface area contributed by atoms with E-state index in [0.717, 1.165) is 73.1 Å². The second-order valence-corrected chi connectivity index (χ2v) is 15.3. The van der Waals surface area contributed by atoms with Crippen LogP contribution in [0.25, 0.3) is 22.3 Å². The average molecular weight is 602 g/mol. The first-order valence-corrected chi connectivity index (χ1v) is 16.6. The number of carbonyl (C=O) groups excluding carboxylic acids is 2. The Kier molecular flexibility index (Phi) is 7.11. The van der Waals surface area contributed by atoms with Crippen LogP contribution in [-0.4, -0.2) is 63.5 Å². The van der Waals surface area contributed by atoms with Crippen molar-refractivity contribution in [3.05, 3.63) is 35.5 Å². The number of piperidine rings is 1. The van der Waals surface area contributed by atoms with E-state index in [1.807, 2.05) is 25.7 Å². The summed E-state index contributed by atoms with van der Waals surface area (Å²) in [4.78, 5) is 33.8. The maximum Gasteiger partial charge on any atom is 0.410 e. The number of nitrogens with zero attached hydrogens (tertiary/aromatic N) is 4. The lowest BCUT2D eigenvalue weighted by atomic mass is 9.76. The molecule has 236 valence electrons. The topological polar surface area (TPSA) is 92.7 Å². The van der Waals surface area contributed by atoms with Crippen LogP contribution in [0.5, 0.6) is 0 Å². The summed E-state index contributed by atoms with van der Waals surface area (Å²) in [5, 5.41) is 6.33. The molecule has 1 spiro atoms. The highest BCUT2D eigenvalue weighted by Gasteiger charge is 2.49. The van der Waals surface area contributed by atoms with Crippen LogP contribution in [0.4, 0.5) is 10.5 Å². The molecule has 1 aliphatic carbocycles. The van der Waals surface area contributed by atoms with Gasteiger partial charge in [-0.1, -0.05) is 19.9 Å². The fraction of sp³-hybridized carbons (Fsp3) is 0.629. The number of aromatic nitrogens is 3. The third-order valence-electron chi connectivity index (χ3n) is 10.3. The number of hydrogen-bond donors (Lipinski definition) is 1. The van der Waals surface area contributed by atoms with Gasteiger partial charge in [0.15, 0.2) is 0 Å². The fourth-order valence-corrected chi connectivity index (χ4v) is 7.72. The molecule has 3 saturated heterocycles. The number of benzene rings is 1. The summed E-state index contributed by atoms with van der Waals surface area (Å²) in [6.45, 7) is 12.9. The molecule has 44 heavy (non-hydrogen) atoms. The summed E-state index contributed by atoms with van der Waals surface area (Å²) in [7, 11) is 0. The Morgan fingerprint density at radius 1 is 1.07 bits per heavy atom. The maximum atomic E-state index is 13.9. The number of nitrogens with one attached hydrogen (secondary N) is 1. The standard InChI is InChI=1S/C35H47N5O4/c1-33(2,3)44-32(42)38-16-13-35(14-17-38)15-18-39(31(35)41)24-10-9-23-20-27(36-26(23)21-24)30-25-11-12-34(4,5)22-28(25)40(37-30)29-8-6-7-19-43-29/h9-10,20-21,29,36H,6-8,11-19,22H2,1-5H3. The molecule has 1 aromatic carbocycles. The maximum absolute atomic E-state index is 13.9. The number of H-pyrrole nitrogens is 1. The van der Waals surface area contributed by atoms with Crippen LogP contribution in [0.3, 0.4) is 0 Å². The van der Waals surface area contributed by atoms with E-state index in [1.54, 1.807) is 4.90 Å². The molecule has 1 N–H and O–H groups in total. The van der Waals surface area contributed by atoms with Crippen LogP contribution >= 0.6 is 0 Å². The van der Waals surface area contributed by atoms with Gasteiger partial charge in [-0.2, -0.15) is 5.10 Å². The lowest BCUT2D eigenvalue weighted by Crippen LogP contribution is -2.48. The van der Waals surface area contributed by atoms with Crippen molar-refractivity contribution in [2.45, 2.75) is 104 Å². The van der Waals surface area contributed by atoms with Crippen molar-refractivity contribution in [2.24, 2.45) is 10.8 Å². The van der Waals surface area contributed by atoms with E-state index in [1.165, 1.54) is 17.7 Å². The van der Waals surface area contributed by atoms with E-state index in [9.17, 15) is 9.59 Å². The molecule has 3 aliphatic heterocycles. The van der Waals surface area contributed by atoms with E-state index < -0.39 is 11.0 Å². The van der Waals surface area contributed by atoms with Crippen LogP contribution < -0.4 is 4.90 Å². The normalized spacial score (nSPS) is 23.4. The van der Waals surface area contributed by atoms with Gasteiger partial charge in [-0.15, -0.1) is 0 Å². The summed E-state index contributed by atoms with van der Waals surface area (Å²) in [5.74, 6) is 0.176. The molecule has 1 unspecified atom stereocenters. The number of rotatable bonds is 3. The van der Waals surface area contributed by atoms with Crippen molar-refractivity contribution < 1.29 is 19.1 Å². The Balaban J connectivity index is 1.12. The minimum atomic E-state index is -0.525. The molecule has 3 aromatic rings. The molecule has 0 saturated carbocycles. The number of anilines is 1. The van der Waals surface area contributed by atoms with Gasteiger partial charge in [0.1, 0.15) is 17.5 Å². The minimum absolute atomic E-state index is 0.0145. The second-order valence-electron chi connectivity index (χ2n) is 15.3. The minimum Gasteiger partial charge on any atom is -0.444 e. The van der Waals surface area contributed by atoms with Gasteiger partial charge in [-0.05, 0) is 102 Å². The second kappa shape index (κ2) is 10.6. The molecule has 2 amide bonds. The van der Waals surface area contributed by atoms with E-state index in [-0.39, 0.29) is 23.6 Å². The summed E-state index contributed by atoms with van der Waals surface area (Å²) in [6.07, 6.45) is 8.35. The zero-order valence-electron chi connectivity index (χ0n) is 27.0. The Hall–Kier alpha value is -3.33. The van der Waals surface area contributed by atoms with E-state index in [4.69, 9.17) is 14.6 Å². The Morgan fingerprint density at radius 3 is 2.57 bits per heavy atom. The van der Waals surface area contributed by atoms with Crippen molar-refractivity contribution >= 4 is 28.6 Å². The van der Waals surface area contributed by atoms with E-state index >= 15 is 0 Å². The summed E-state index contributed by atoms with van der Waals surface area (Å²) < 4.78 is 14.0. The zero-order chi connectivity index (χ0) is 30.9. The summed E-state index contributed by atoms with van der Waals surface area (Å²) >= 11 is 0. The molecule has 0 bridgehead atoms.